The molecule has 1 aromatic heterocycles. The molecule has 0 saturated carbocycles. The van der Waals surface area contributed by atoms with E-state index in [-0.39, 0.29) is 0 Å². The molecule has 3 aromatic rings. The molecule has 0 aliphatic heterocycles. The predicted octanol–water partition coefficient (Wildman–Crippen LogP) is 3.59. The van der Waals surface area contributed by atoms with Crippen LogP contribution >= 0.6 is 0 Å². The van der Waals surface area contributed by atoms with Gasteiger partial charge in [-0.1, -0.05) is 30.3 Å². The van der Waals surface area contributed by atoms with Crippen LogP contribution in [0.25, 0.3) is 22.2 Å². The number of fused-ring (bicyclic) bond motifs is 1. The summed E-state index contributed by atoms with van der Waals surface area (Å²) in [6.07, 6.45) is 0. The van der Waals surface area contributed by atoms with Gasteiger partial charge in [-0.3, -0.25) is 0 Å². The van der Waals surface area contributed by atoms with Gasteiger partial charge in [0.2, 0.25) is 0 Å². The zero-order valence-corrected chi connectivity index (χ0v) is 13.6. The zero-order chi connectivity index (χ0) is 16.2. The van der Waals surface area contributed by atoms with Gasteiger partial charge in [-0.2, -0.15) is 0 Å². The molecule has 0 radical (unpaired) electrons. The Labute approximate surface area is 136 Å². The highest BCUT2D eigenvalue weighted by Gasteiger charge is 2.11. The first-order valence-electron chi connectivity index (χ1n) is 7.70. The lowest BCUT2D eigenvalue weighted by Crippen LogP contribution is -2.02. The van der Waals surface area contributed by atoms with Crippen LogP contribution in [0.2, 0.25) is 0 Å². The van der Waals surface area contributed by atoms with Crippen LogP contribution in [0, 0.1) is 0 Å². The van der Waals surface area contributed by atoms with Crippen molar-refractivity contribution in [3.8, 4) is 11.3 Å². The molecule has 4 nitrogen and oxygen atoms in total. The molecule has 0 atom stereocenters. The maximum atomic E-state index is 6.28. The van der Waals surface area contributed by atoms with E-state index >= 15 is 0 Å². The first kappa shape index (κ1) is 15.6. The van der Waals surface area contributed by atoms with E-state index in [0.717, 1.165) is 27.8 Å². The molecule has 120 valence electrons. The summed E-state index contributed by atoms with van der Waals surface area (Å²) in [4.78, 5) is 0. The molecule has 0 unspecified atom stereocenters. The average Bonchev–Trinajstić information content (AvgIpc) is 2.90. The summed E-state index contributed by atoms with van der Waals surface area (Å²) in [5.74, 6) is 0. The minimum atomic E-state index is 0.541. The van der Waals surface area contributed by atoms with Crippen LogP contribution in [-0.4, -0.2) is 24.9 Å². The number of methoxy groups -OCH3 is 1. The van der Waals surface area contributed by atoms with Crippen molar-refractivity contribution >= 4 is 16.6 Å². The van der Waals surface area contributed by atoms with Crippen LogP contribution in [0.15, 0.2) is 48.5 Å². The van der Waals surface area contributed by atoms with Crippen LogP contribution in [0.1, 0.15) is 5.56 Å². The summed E-state index contributed by atoms with van der Waals surface area (Å²) >= 11 is 0. The van der Waals surface area contributed by atoms with Crippen LogP contribution in [-0.2, 0) is 23.1 Å². The lowest BCUT2D eigenvalue weighted by atomic mass is 10.1. The van der Waals surface area contributed by atoms with Crippen molar-refractivity contribution in [3.63, 3.8) is 0 Å². The summed E-state index contributed by atoms with van der Waals surface area (Å²) in [6, 6.07) is 16.7. The molecular formula is C19H22N2O2. The molecule has 0 amide bonds. The lowest BCUT2D eigenvalue weighted by molar-refractivity contribution is 0.0617. The Balaban J connectivity index is 1.95. The van der Waals surface area contributed by atoms with Gasteiger partial charge >= 0.3 is 0 Å². The number of nitrogen functional groups attached to an aromatic ring is 1. The second kappa shape index (κ2) is 6.86. The Hall–Kier alpha value is -2.30. The molecular weight excluding hydrogens is 288 g/mol. The molecule has 23 heavy (non-hydrogen) atoms. The number of aromatic nitrogens is 1. The van der Waals surface area contributed by atoms with Crippen molar-refractivity contribution in [3.05, 3.63) is 54.1 Å². The van der Waals surface area contributed by atoms with Gasteiger partial charge < -0.3 is 19.8 Å². The van der Waals surface area contributed by atoms with Gasteiger partial charge in [0.1, 0.15) is 0 Å². The predicted molar refractivity (Wildman–Crippen MR) is 94.3 cm³/mol. The standard InChI is InChI=1S/C19H22N2O2/c1-21-18(15-6-4-3-5-7-15)12-16-10-14(11-17(20)19(16)21)13-23-9-8-22-2/h3-7,10-12H,8-9,13,20H2,1-2H3. The zero-order valence-electron chi connectivity index (χ0n) is 13.6. The highest BCUT2D eigenvalue weighted by Crippen LogP contribution is 2.31. The molecule has 0 saturated heterocycles. The first-order valence-corrected chi connectivity index (χ1v) is 7.70. The third kappa shape index (κ3) is 3.23. The maximum Gasteiger partial charge on any atom is 0.0719 e. The number of ether oxygens (including phenoxy) is 2. The monoisotopic (exact) mass is 310 g/mol. The summed E-state index contributed by atoms with van der Waals surface area (Å²) in [5.41, 5.74) is 11.5. The third-order valence-corrected chi connectivity index (χ3v) is 3.99. The molecule has 3 rings (SSSR count). The molecule has 2 aromatic carbocycles. The van der Waals surface area contributed by atoms with E-state index in [1.165, 1.54) is 5.56 Å². The van der Waals surface area contributed by atoms with Gasteiger partial charge in [0.25, 0.3) is 0 Å². The van der Waals surface area contributed by atoms with Crippen molar-refractivity contribution in [2.45, 2.75) is 6.61 Å². The number of anilines is 1. The molecule has 0 bridgehead atoms. The topological polar surface area (TPSA) is 49.4 Å². The molecule has 0 aliphatic carbocycles. The minimum Gasteiger partial charge on any atom is -0.397 e. The summed E-state index contributed by atoms with van der Waals surface area (Å²) < 4.78 is 12.7. The fourth-order valence-corrected chi connectivity index (χ4v) is 2.91. The highest BCUT2D eigenvalue weighted by atomic mass is 16.5. The Bertz CT molecular complexity index is 794. The van der Waals surface area contributed by atoms with Crippen LogP contribution < -0.4 is 5.73 Å². The van der Waals surface area contributed by atoms with Gasteiger partial charge in [0, 0.05) is 25.2 Å². The number of hydrogen-bond donors (Lipinski definition) is 1. The van der Waals surface area contributed by atoms with Crippen LogP contribution in [0.4, 0.5) is 5.69 Å². The van der Waals surface area contributed by atoms with Crippen LogP contribution in [0.5, 0.6) is 0 Å². The highest BCUT2D eigenvalue weighted by molar-refractivity contribution is 5.95. The Morgan fingerprint density at radius 1 is 1.04 bits per heavy atom. The molecule has 2 N–H and O–H groups in total. The molecule has 1 heterocycles. The molecule has 0 spiro atoms. The fourth-order valence-electron chi connectivity index (χ4n) is 2.91. The second-order valence-electron chi connectivity index (χ2n) is 5.62. The Morgan fingerprint density at radius 2 is 1.83 bits per heavy atom. The Morgan fingerprint density at radius 3 is 2.57 bits per heavy atom. The maximum absolute atomic E-state index is 6.28. The number of rotatable bonds is 6. The average molecular weight is 310 g/mol. The van der Waals surface area contributed by atoms with Gasteiger partial charge in [-0.15, -0.1) is 0 Å². The second-order valence-corrected chi connectivity index (χ2v) is 5.62. The smallest absolute Gasteiger partial charge is 0.0719 e. The van der Waals surface area contributed by atoms with E-state index in [4.69, 9.17) is 15.2 Å². The van der Waals surface area contributed by atoms with Crippen molar-refractivity contribution in [2.24, 2.45) is 7.05 Å². The van der Waals surface area contributed by atoms with Crippen molar-refractivity contribution < 1.29 is 9.47 Å². The number of hydrogen-bond acceptors (Lipinski definition) is 3. The third-order valence-electron chi connectivity index (χ3n) is 3.99. The van der Waals surface area contributed by atoms with Crippen molar-refractivity contribution in [1.29, 1.82) is 0 Å². The number of nitrogens with zero attached hydrogens (tertiary/aromatic N) is 1. The molecule has 4 heteroatoms. The van der Waals surface area contributed by atoms with E-state index < -0.39 is 0 Å². The summed E-state index contributed by atoms with van der Waals surface area (Å²) in [5, 5.41) is 1.14. The quantitative estimate of drug-likeness (QED) is 0.559. The molecule has 0 fully saturated rings. The van der Waals surface area contributed by atoms with Crippen molar-refractivity contribution in [1.82, 2.24) is 4.57 Å². The van der Waals surface area contributed by atoms with E-state index in [1.54, 1.807) is 7.11 Å². The van der Waals surface area contributed by atoms with Gasteiger partial charge in [-0.25, -0.2) is 0 Å². The van der Waals surface area contributed by atoms with Crippen LogP contribution in [0.3, 0.4) is 0 Å². The molecule has 0 aliphatic rings. The van der Waals surface area contributed by atoms with E-state index in [0.29, 0.717) is 19.8 Å². The largest absolute Gasteiger partial charge is 0.397 e. The minimum absolute atomic E-state index is 0.541. The van der Waals surface area contributed by atoms with E-state index in [1.807, 2.05) is 24.3 Å². The van der Waals surface area contributed by atoms with E-state index in [9.17, 15) is 0 Å². The van der Waals surface area contributed by atoms with Gasteiger partial charge in [0.15, 0.2) is 0 Å². The Kier molecular flexibility index (Phi) is 4.65. The first-order chi connectivity index (χ1) is 11.2. The number of aryl methyl sites for hydroxylation is 1. The van der Waals surface area contributed by atoms with Crippen molar-refractivity contribution in [2.75, 3.05) is 26.1 Å². The van der Waals surface area contributed by atoms with Gasteiger partial charge in [-0.05, 0) is 29.3 Å². The lowest BCUT2D eigenvalue weighted by Gasteiger charge is -2.08. The fraction of sp³-hybridized carbons (Fsp3) is 0.263. The van der Waals surface area contributed by atoms with E-state index in [2.05, 4.69) is 35.9 Å². The number of benzene rings is 2. The normalized spacial score (nSPS) is 11.2. The SMILES string of the molecule is COCCOCc1cc(N)c2c(c1)cc(-c1ccccc1)n2C. The number of nitrogens with two attached hydrogens (primary N) is 1. The van der Waals surface area contributed by atoms with Gasteiger partial charge in [0.05, 0.1) is 31.0 Å². The summed E-state index contributed by atoms with van der Waals surface area (Å²) in [7, 11) is 3.72. The summed E-state index contributed by atoms with van der Waals surface area (Å²) in [6.45, 7) is 1.72.